The number of anilines is 1. The number of hydrogen-bond acceptors (Lipinski definition) is 3. The Bertz CT molecular complexity index is 654. The van der Waals surface area contributed by atoms with Gasteiger partial charge in [-0.1, -0.05) is 0 Å². The highest BCUT2D eigenvalue weighted by atomic mass is 79.9. The van der Waals surface area contributed by atoms with E-state index in [9.17, 15) is 4.79 Å². The van der Waals surface area contributed by atoms with Gasteiger partial charge in [0.25, 0.3) is 0 Å². The number of aryl methyl sites for hydroxylation is 3. The van der Waals surface area contributed by atoms with Crippen LogP contribution in [0.1, 0.15) is 37.0 Å². The maximum atomic E-state index is 12.4. The van der Waals surface area contributed by atoms with Crippen molar-refractivity contribution >= 4 is 27.5 Å². The smallest absolute Gasteiger partial charge is 0.249 e. The van der Waals surface area contributed by atoms with Crippen LogP contribution >= 0.6 is 15.9 Å². The minimum absolute atomic E-state index is 0.105. The summed E-state index contributed by atoms with van der Waals surface area (Å²) in [6, 6.07) is -0.390. The molecule has 2 heterocycles. The molecule has 0 aliphatic rings. The van der Waals surface area contributed by atoms with E-state index in [1.165, 1.54) is 0 Å². The molecule has 2 aromatic heterocycles. The average Bonchev–Trinajstić information content (AvgIpc) is 2.92. The number of aromatic nitrogens is 4. The van der Waals surface area contributed by atoms with Crippen molar-refractivity contribution in [1.29, 1.82) is 0 Å². The fraction of sp³-hybridized carbons (Fsp3) is 0.500. The Morgan fingerprint density at radius 3 is 2.48 bits per heavy atom. The van der Waals surface area contributed by atoms with E-state index < -0.39 is 6.04 Å². The lowest BCUT2D eigenvalue weighted by atomic mass is 10.2. The molecule has 2 rings (SSSR count). The maximum Gasteiger partial charge on any atom is 0.249 e. The van der Waals surface area contributed by atoms with Crippen LogP contribution in [0.4, 0.5) is 5.69 Å². The molecule has 1 atom stereocenters. The zero-order valence-corrected chi connectivity index (χ0v) is 14.5. The molecule has 0 aliphatic heterocycles. The molecule has 0 fully saturated rings. The molecule has 2 aromatic rings. The van der Waals surface area contributed by atoms with E-state index in [-0.39, 0.29) is 5.91 Å². The largest absolute Gasteiger partial charge is 0.321 e. The summed E-state index contributed by atoms with van der Waals surface area (Å²) in [6.07, 6.45) is 1.81. The molecule has 7 heteroatoms. The number of hydrogen-bond donors (Lipinski definition) is 1. The highest BCUT2D eigenvalue weighted by molar-refractivity contribution is 9.10. The third-order valence-corrected chi connectivity index (χ3v) is 4.34. The molecule has 1 amide bonds. The van der Waals surface area contributed by atoms with Gasteiger partial charge in [-0.2, -0.15) is 10.2 Å². The van der Waals surface area contributed by atoms with E-state index in [1.54, 1.807) is 4.68 Å². The van der Waals surface area contributed by atoms with Crippen LogP contribution in [-0.2, 0) is 11.3 Å². The fourth-order valence-corrected chi connectivity index (χ4v) is 2.48. The molecule has 1 N–H and O–H groups in total. The number of carbonyl (C=O) groups excluding carboxylic acids is 1. The first kappa shape index (κ1) is 15.8. The third kappa shape index (κ3) is 3.02. The first-order valence-corrected chi connectivity index (χ1v) is 7.70. The molecular weight excluding hydrogens is 334 g/mol. The van der Waals surface area contributed by atoms with Crippen molar-refractivity contribution < 1.29 is 4.79 Å². The average molecular weight is 354 g/mol. The van der Waals surface area contributed by atoms with Gasteiger partial charge < -0.3 is 5.32 Å². The maximum absolute atomic E-state index is 12.4. The Balaban J connectivity index is 2.20. The summed E-state index contributed by atoms with van der Waals surface area (Å²) < 4.78 is 4.43. The van der Waals surface area contributed by atoms with Gasteiger partial charge in [-0.05, 0) is 50.5 Å². The predicted octanol–water partition coefficient (Wildman–Crippen LogP) is 2.99. The van der Waals surface area contributed by atoms with E-state index in [4.69, 9.17) is 0 Å². The lowest BCUT2D eigenvalue weighted by Gasteiger charge is -2.13. The number of halogens is 1. The van der Waals surface area contributed by atoms with E-state index in [1.807, 2.05) is 45.5 Å². The van der Waals surface area contributed by atoms with Crippen molar-refractivity contribution in [1.82, 2.24) is 19.6 Å². The predicted molar refractivity (Wildman–Crippen MR) is 85.4 cm³/mol. The Morgan fingerprint density at radius 2 is 2.00 bits per heavy atom. The first-order valence-electron chi connectivity index (χ1n) is 6.91. The van der Waals surface area contributed by atoms with Gasteiger partial charge in [-0.25, -0.2) is 0 Å². The Kier molecular flexibility index (Phi) is 4.51. The van der Waals surface area contributed by atoms with Gasteiger partial charge >= 0.3 is 0 Å². The van der Waals surface area contributed by atoms with Crippen LogP contribution < -0.4 is 5.32 Å². The first-order chi connectivity index (χ1) is 9.85. The fourth-order valence-electron chi connectivity index (χ4n) is 2.19. The second-order valence-corrected chi connectivity index (χ2v) is 5.92. The quantitative estimate of drug-likeness (QED) is 0.918. The van der Waals surface area contributed by atoms with E-state index in [2.05, 4.69) is 31.4 Å². The van der Waals surface area contributed by atoms with Gasteiger partial charge in [0.2, 0.25) is 5.91 Å². The molecule has 0 aliphatic carbocycles. The van der Waals surface area contributed by atoms with Gasteiger partial charge in [0, 0.05) is 12.7 Å². The lowest BCUT2D eigenvalue weighted by molar-refractivity contribution is -0.119. The highest BCUT2D eigenvalue weighted by Crippen LogP contribution is 2.22. The molecule has 0 spiro atoms. The monoisotopic (exact) mass is 353 g/mol. The standard InChI is InChI=1S/C14H20BrN5O/c1-6-19-10(4)13(9(3)18-19)16-14(21)11(5)20-7-12(15)8(2)17-20/h7,11H,6H2,1-5H3,(H,16,21)/t11-/m0/s1. The van der Waals surface area contributed by atoms with Crippen LogP contribution in [0.15, 0.2) is 10.7 Å². The lowest BCUT2D eigenvalue weighted by Crippen LogP contribution is -2.24. The summed E-state index contributed by atoms with van der Waals surface area (Å²) >= 11 is 3.41. The molecule has 0 saturated carbocycles. The van der Waals surface area contributed by atoms with Gasteiger partial charge in [-0.3, -0.25) is 14.2 Å². The van der Waals surface area contributed by atoms with E-state index in [0.29, 0.717) is 0 Å². The zero-order valence-electron chi connectivity index (χ0n) is 12.9. The summed E-state index contributed by atoms with van der Waals surface area (Å²) in [7, 11) is 0. The van der Waals surface area contributed by atoms with Gasteiger partial charge in [-0.15, -0.1) is 0 Å². The molecule has 0 radical (unpaired) electrons. The number of nitrogens with one attached hydrogen (secondary N) is 1. The molecule has 114 valence electrons. The minimum atomic E-state index is -0.390. The third-order valence-electron chi connectivity index (χ3n) is 3.56. The number of rotatable bonds is 4. The van der Waals surface area contributed by atoms with Crippen molar-refractivity contribution in [3.63, 3.8) is 0 Å². The molecule has 0 saturated heterocycles. The minimum Gasteiger partial charge on any atom is -0.321 e. The molecule has 0 bridgehead atoms. The summed E-state index contributed by atoms with van der Waals surface area (Å²) in [6.45, 7) is 10.4. The van der Waals surface area contributed by atoms with Crippen LogP contribution in [0, 0.1) is 20.8 Å². The number of nitrogens with zero attached hydrogens (tertiary/aromatic N) is 4. The van der Waals surface area contributed by atoms with Crippen LogP contribution in [0.25, 0.3) is 0 Å². The highest BCUT2D eigenvalue weighted by Gasteiger charge is 2.20. The normalized spacial score (nSPS) is 12.5. The Hall–Kier alpha value is -1.63. The van der Waals surface area contributed by atoms with Crippen molar-refractivity contribution in [3.05, 3.63) is 27.8 Å². The number of carbonyl (C=O) groups is 1. The summed E-state index contributed by atoms with van der Waals surface area (Å²) in [4.78, 5) is 12.4. The second kappa shape index (κ2) is 6.01. The molecule has 0 unspecified atom stereocenters. The number of amides is 1. The summed E-state index contributed by atoms with van der Waals surface area (Å²) in [5, 5.41) is 11.7. The van der Waals surface area contributed by atoms with Crippen LogP contribution in [0.3, 0.4) is 0 Å². The summed E-state index contributed by atoms with van der Waals surface area (Å²) in [5.74, 6) is -0.105. The molecular formula is C14H20BrN5O. The Labute approximate surface area is 132 Å². The van der Waals surface area contributed by atoms with Crippen molar-refractivity contribution in [2.75, 3.05) is 5.32 Å². The van der Waals surface area contributed by atoms with Crippen LogP contribution in [0.2, 0.25) is 0 Å². The van der Waals surface area contributed by atoms with Gasteiger partial charge in [0.1, 0.15) is 6.04 Å². The zero-order chi connectivity index (χ0) is 15.7. The topological polar surface area (TPSA) is 64.7 Å². The van der Waals surface area contributed by atoms with Crippen molar-refractivity contribution in [2.24, 2.45) is 0 Å². The van der Waals surface area contributed by atoms with Gasteiger partial charge in [0.15, 0.2) is 0 Å². The van der Waals surface area contributed by atoms with Gasteiger partial charge in [0.05, 0.1) is 27.2 Å². The second-order valence-electron chi connectivity index (χ2n) is 5.07. The Morgan fingerprint density at radius 1 is 1.33 bits per heavy atom. The van der Waals surface area contributed by atoms with E-state index in [0.717, 1.165) is 33.8 Å². The molecule has 21 heavy (non-hydrogen) atoms. The SMILES string of the molecule is CCn1nc(C)c(NC(=O)[C@H](C)n2cc(Br)c(C)n2)c1C. The van der Waals surface area contributed by atoms with Crippen molar-refractivity contribution in [3.8, 4) is 0 Å². The van der Waals surface area contributed by atoms with Crippen LogP contribution in [-0.4, -0.2) is 25.5 Å². The summed E-state index contributed by atoms with van der Waals surface area (Å²) in [5.41, 5.74) is 3.44. The molecule has 6 nitrogen and oxygen atoms in total. The van der Waals surface area contributed by atoms with Crippen LogP contribution in [0.5, 0.6) is 0 Å². The van der Waals surface area contributed by atoms with E-state index >= 15 is 0 Å². The van der Waals surface area contributed by atoms with Crippen molar-refractivity contribution in [2.45, 2.75) is 47.2 Å². The molecule has 0 aromatic carbocycles.